The molecule has 1 unspecified atom stereocenters. The van der Waals surface area contributed by atoms with Gasteiger partial charge in [-0.15, -0.1) is 0 Å². The molecule has 0 aliphatic rings. The average molecular weight is 211 g/mol. The highest BCUT2D eigenvalue weighted by molar-refractivity contribution is 5.35. The van der Waals surface area contributed by atoms with Crippen LogP contribution in [-0.4, -0.2) is 4.98 Å². The van der Waals surface area contributed by atoms with Crippen LogP contribution >= 0.6 is 0 Å². The van der Waals surface area contributed by atoms with Gasteiger partial charge in [-0.3, -0.25) is 0 Å². The van der Waals surface area contributed by atoms with E-state index in [1.54, 1.807) is 6.26 Å². The van der Waals surface area contributed by atoms with Crippen molar-refractivity contribution in [2.24, 2.45) is 0 Å². The number of hydrogen-bond acceptors (Lipinski definition) is 2. The lowest BCUT2D eigenvalue weighted by Crippen LogP contribution is -1.89. The number of aromatic nitrogens is 1. The Kier molecular flexibility index (Phi) is 3.07. The second-order valence-electron chi connectivity index (χ2n) is 3.68. The summed E-state index contributed by atoms with van der Waals surface area (Å²) in [5.74, 6) is 6.93. The van der Waals surface area contributed by atoms with E-state index in [1.165, 1.54) is 0 Å². The van der Waals surface area contributed by atoms with Crippen LogP contribution in [0.4, 0.5) is 0 Å². The number of oxazole rings is 1. The Labute approximate surface area is 95.3 Å². The van der Waals surface area contributed by atoms with Crippen LogP contribution in [0.1, 0.15) is 30.0 Å². The van der Waals surface area contributed by atoms with E-state index in [9.17, 15) is 0 Å². The van der Waals surface area contributed by atoms with Crippen molar-refractivity contribution in [1.29, 1.82) is 0 Å². The normalized spacial score (nSPS) is 11.6. The van der Waals surface area contributed by atoms with Gasteiger partial charge in [0.1, 0.15) is 6.26 Å². The molecule has 0 fully saturated rings. The van der Waals surface area contributed by atoms with E-state index in [-0.39, 0.29) is 5.92 Å². The zero-order valence-corrected chi connectivity index (χ0v) is 9.40. The van der Waals surface area contributed by atoms with Gasteiger partial charge in [0.2, 0.25) is 5.89 Å². The maximum atomic E-state index is 5.30. The van der Waals surface area contributed by atoms with Crippen molar-refractivity contribution in [3.8, 4) is 11.8 Å². The molecule has 1 atom stereocenters. The van der Waals surface area contributed by atoms with E-state index in [0.29, 0.717) is 5.89 Å². The third kappa shape index (κ3) is 2.52. The SMILES string of the molecule is Cc1coc(C(C)C#Cc2ccccc2)n1. The third-order valence-electron chi connectivity index (χ3n) is 2.21. The van der Waals surface area contributed by atoms with Gasteiger partial charge in [-0.25, -0.2) is 4.98 Å². The zero-order valence-electron chi connectivity index (χ0n) is 9.40. The standard InChI is InChI=1S/C14H13NO/c1-11(14-15-12(2)10-16-14)8-9-13-6-4-3-5-7-13/h3-7,10-11H,1-2H3. The molecule has 0 aliphatic heterocycles. The molecule has 2 heteroatoms. The molecule has 0 radical (unpaired) electrons. The topological polar surface area (TPSA) is 26.0 Å². The molecule has 1 heterocycles. The minimum atomic E-state index is 0.0221. The van der Waals surface area contributed by atoms with E-state index in [4.69, 9.17) is 4.42 Å². The molecule has 0 aliphatic carbocycles. The number of hydrogen-bond donors (Lipinski definition) is 0. The molecular weight excluding hydrogens is 198 g/mol. The molecule has 0 N–H and O–H groups in total. The van der Waals surface area contributed by atoms with Crippen molar-refractivity contribution in [3.63, 3.8) is 0 Å². The maximum absolute atomic E-state index is 5.30. The summed E-state index contributed by atoms with van der Waals surface area (Å²) >= 11 is 0. The summed E-state index contributed by atoms with van der Waals surface area (Å²) in [6, 6.07) is 9.90. The van der Waals surface area contributed by atoms with Crippen LogP contribution in [0.2, 0.25) is 0 Å². The highest BCUT2D eigenvalue weighted by Crippen LogP contribution is 2.13. The molecule has 0 spiro atoms. The van der Waals surface area contributed by atoms with E-state index in [1.807, 2.05) is 44.2 Å². The predicted molar refractivity (Wildman–Crippen MR) is 63.0 cm³/mol. The Morgan fingerprint density at radius 2 is 2.00 bits per heavy atom. The molecule has 0 amide bonds. The molecule has 16 heavy (non-hydrogen) atoms. The number of rotatable bonds is 1. The lowest BCUT2D eigenvalue weighted by atomic mass is 10.1. The molecule has 0 bridgehead atoms. The Bertz CT molecular complexity index is 516. The molecular formula is C14H13NO. The smallest absolute Gasteiger partial charge is 0.209 e. The fraction of sp³-hybridized carbons (Fsp3) is 0.214. The van der Waals surface area contributed by atoms with Crippen molar-refractivity contribution in [2.45, 2.75) is 19.8 Å². The fourth-order valence-electron chi connectivity index (χ4n) is 1.35. The largest absolute Gasteiger partial charge is 0.447 e. The summed E-state index contributed by atoms with van der Waals surface area (Å²) in [4.78, 5) is 4.25. The number of aryl methyl sites for hydroxylation is 1. The van der Waals surface area contributed by atoms with Crippen molar-refractivity contribution in [3.05, 3.63) is 53.7 Å². The Balaban J connectivity index is 2.14. The molecule has 2 aromatic rings. The maximum Gasteiger partial charge on any atom is 0.209 e. The van der Waals surface area contributed by atoms with Crippen LogP contribution in [0.15, 0.2) is 41.0 Å². The Hall–Kier alpha value is -2.01. The van der Waals surface area contributed by atoms with Crippen LogP contribution in [0.3, 0.4) is 0 Å². The molecule has 80 valence electrons. The van der Waals surface area contributed by atoms with Crippen LogP contribution in [0, 0.1) is 18.8 Å². The number of benzene rings is 1. The average Bonchev–Trinajstić information content (AvgIpc) is 2.74. The lowest BCUT2D eigenvalue weighted by Gasteiger charge is -1.95. The molecule has 1 aromatic heterocycles. The second kappa shape index (κ2) is 4.67. The van der Waals surface area contributed by atoms with E-state index >= 15 is 0 Å². The van der Waals surface area contributed by atoms with Crippen LogP contribution in [-0.2, 0) is 0 Å². The van der Waals surface area contributed by atoms with Crippen molar-refractivity contribution in [2.75, 3.05) is 0 Å². The minimum absolute atomic E-state index is 0.0221. The van der Waals surface area contributed by atoms with Gasteiger partial charge >= 0.3 is 0 Å². The summed E-state index contributed by atoms with van der Waals surface area (Å²) in [6.45, 7) is 3.89. The van der Waals surface area contributed by atoms with Crippen LogP contribution in [0.25, 0.3) is 0 Å². The highest BCUT2D eigenvalue weighted by atomic mass is 16.3. The van der Waals surface area contributed by atoms with E-state index < -0.39 is 0 Å². The van der Waals surface area contributed by atoms with Gasteiger partial charge in [0.05, 0.1) is 11.6 Å². The Morgan fingerprint density at radius 3 is 2.62 bits per heavy atom. The number of nitrogens with zero attached hydrogens (tertiary/aromatic N) is 1. The molecule has 1 aromatic carbocycles. The second-order valence-corrected chi connectivity index (χ2v) is 3.68. The van der Waals surface area contributed by atoms with Gasteiger partial charge in [-0.1, -0.05) is 30.0 Å². The first-order chi connectivity index (χ1) is 7.75. The lowest BCUT2D eigenvalue weighted by molar-refractivity contribution is 0.488. The minimum Gasteiger partial charge on any atom is -0.447 e. The summed E-state index contributed by atoms with van der Waals surface area (Å²) < 4.78 is 5.30. The summed E-state index contributed by atoms with van der Waals surface area (Å²) in [5, 5.41) is 0. The Morgan fingerprint density at radius 1 is 1.25 bits per heavy atom. The van der Waals surface area contributed by atoms with Gasteiger partial charge < -0.3 is 4.42 Å². The molecule has 0 saturated carbocycles. The zero-order chi connectivity index (χ0) is 11.4. The van der Waals surface area contributed by atoms with Gasteiger partial charge in [-0.05, 0) is 26.0 Å². The van der Waals surface area contributed by atoms with Crippen LogP contribution < -0.4 is 0 Å². The molecule has 0 saturated heterocycles. The predicted octanol–water partition coefficient (Wildman–Crippen LogP) is 3.14. The monoisotopic (exact) mass is 211 g/mol. The first-order valence-electron chi connectivity index (χ1n) is 5.24. The van der Waals surface area contributed by atoms with Crippen molar-refractivity contribution >= 4 is 0 Å². The van der Waals surface area contributed by atoms with E-state index in [2.05, 4.69) is 16.8 Å². The fourth-order valence-corrected chi connectivity index (χ4v) is 1.35. The summed E-state index contributed by atoms with van der Waals surface area (Å²) in [6.07, 6.45) is 1.65. The van der Waals surface area contributed by atoms with Crippen molar-refractivity contribution in [1.82, 2.24) is 4.98 Å². The van der Waals surface area contributed by atoms with E-state index in [0.717, 1.165) is 11.3 Å². The first kappa shape index (κ1) is 10.5. The highest BCUT2D eigenvalue weighted by Gasteiger charge is 2.07. The van der Waals surface area contributed by atoms with Crippen molar-refractivity contribution < 1.29 is 4.42 Å². The molecule has 2 rings (SSSR count). The first-order valence-corrected chi connectivity index (χ1v) is 5.24. The van der Waals surface area contributed by atoms with Gasteiger partial charge in [-0.2, -0.15) is 0 Å². The van der Waals surface area contributed by atoms with Crippen LogP contribution in [0.5, 0.6) is 0 Å². The summed E-state index contributed by atoms with van der Waals surface area (Å²) in [7, 11) is 0. The molecule has 2 nitrogen and oxygen atoms in total. The van der Waals surface area contributed by atoms with Gasteiger partial charge in [0.25, 0.3) is 0 Å². The summed E-state index contributed by atoms with van der Waals surface area (Å²) in [5.41, 5.74) is 1.90. The van der Waals surface area contributed by atoms with Gasteiger partial charge in [0.15, 0.2) is 0 Å². The van der Waals surface area contributed by atoms with Gasteiger partial charge in [0, 0.05) is 5.56 Å². The third-order valence-corrected chi connectivity index (χ3v) is 2.21. The quantitative estimate of drug-likeness (QED) is 0.677.